The van der Waals surface area contributed by atoms with Crippen molar-refractivity contribution in [1.82, 2.24) is 0 Å². The van der Waals surface area contributed by atoms with Crippen LogP contribution in [-0.2, 0) is 9.53 Å². The predicted molar refractivity (Wildman–Crippen MR) is 38.7 cm³/mol. The fraction of sp³-hybridized carbons (Fsp3) is 0.333. The van der Waals surface area contributed by atoms with Gasteiger partial charge in [0.15, 0.2) is 12.2 Å². The quantitative estimate of drug-likeness (QED) is 0.255. The average molecular weight is 142 g/mol. The van der Waals surface area contributed by atoms with Crippen LogP contribution in [0.3, 0.4) is 0 Å². The van der Waals surface area contributed by atoms with Gasteiger partial charge in [0.05, 0.1) is 12.7 Å². The van der Waals surface area contributed by atoms with Gasteiger partial charge in [0.2, 0.25) is 0 Å². The molecule has 0 fully saturated rings. The Morgan fingerprint density at radius 2 is 2.30 bits per heavy atom. The smallest absolute Gasteiger partial charge is 0.196 e. The van der Waals surface area contributed by atoms with E-state index in [0.717, 1.165) is 0 Å². The summed E-state index contributed by atoms with van der Waals surface area (Å²) in [6.07, 6.45) is 1.93. The number of hydrogen-bond acceptors (Lipinski definition) is 4. The molecule has 0 rings (SSSR count). The van der Waals surface area contributed by atoms with Crippen LogP contribution >= 0.6 is 0 Å². The van der Waals surface area contributed by atoms with Gasteiger partial charge in [0.1, 0.15) is 0 Å². The maximum atomic E-state index is 10.2. The lowest BCUT2D eigenvalue weighted by molar-refractivity contribution is -0.104. The molecule has 0 bridgehead atoms. The number of aldehydes is 1. The monoisotopic (exact) mass is 142 g/mol. The lowest BCUT2D eigenvalue weighted by Crippen LogP contribution is -2.06. The molecular weight excluding hydrogens is 132 g/mol. The first-order valence-corrected chi connectivity index (χ1v) is 2.67. The van der Waals surface area contributed by atoms with E-state index in [0.29, 0.717) is 6.29 Å². The summed E-state index contributed by atoms with van der Waals surface area (Å²) in [5.74, 6) is 0.0839. The Kier molecular flexibility index (Phi) is 3.95. The van der Waals surface area contributed by atoms with Gasteiger partial charge in [-0.05, 0) is 0 Å². The third-order valence-corrected chi connectivity index (χ3v) is 0.900. The van der Waals surface area contributed by atoms with E-state index in [-0.39, 0.29) is 11.5 Å². The highest BCUT2D eigenvalue weighted by Gasteiger charge is 1.96. The fourth-order valence-corrected chi connectivity index (χ4v) is 0.409. The molecular formula is C6H10N2O2. The highest BCUT2D eigenvalue weighted by molar-refractivity contribution is 6.02. The number of rotatable bonds is 3. The van der Waals surface area contributed by atoms with Crippen molar-refractivity contribution in [3.05, 3.63) is 11.5 Å². The van der Waals surface area contributed by atoms with Crippen LogP contribution in [0.1, 0.15) is 0 Å². The number of ether oxygens (including phenoxy) is 1. The minimum atomic E-state index is 0.0839. The van der Waals surface area contributed by atoms with Gasteiger partial charge in [-0.15, -0.1) is 0 Å². The van der Waals surface area contributed by atoms with E-state index < -0.39 is 0 Å². The predicted octanol–water partition coefficient (Wildman–Crippen LogP) is -0.297. The van der Waals surface area contributed by atoms with E-state index in [1.165, 1.54) is 13.3 Å². The molecule has 10 heavy (non-hydrogen) atoms. The highest BCUT2D eigenvalue weighted by atomic mass is 16.5. The molecule has 0 aromatic carbocycles. The topological polar surface area (TPSA) is 64.7 Å². The number of aliphatic imine (C=N–C) groups is 1. The largest absolute Gasteiger partial charge is 0.482 e. The Labute approximate surface area is 59.4 Å². The van der Waals surface area contributed by atoms with E-state index in [1.807, 2.05) is 0 Å². The van der Waals surface area contributed by atoms with E-state index in [4.69, 9.17) is 5.73 Å². The molecule has 0 aliphatic rings. The van der Waals surface area contributed by atoms with Crippen LogP contribution in [0.25, 0.3) is 0 Å². The second-order valence-electron chi connectivity index (χ2n) is 1.53. The van der Waals surface area contributed by atoms with Gasteiger partial charge in [-0.3, -0.25) is 9.79 Å². The molecule has 4 nitrogen and oxygen atoms in total. The zero-order chi connectivity index (χ0) is 7.98. The molecule has 0 saturated heterocycles. The first-order chi connectivity index (χ1) is 4.76. The molecule has 0 radical (unpaired) electrons. The molecule has 0 amide bonds. The van der Waals surface area contributed by atoms with Gasteiger partial charge in [-0.25, -0.2) is 0 Å². The van der Waals surface area contributed by atoms with Gasteiger partial charge in [0, 0.05) is 13.3 Å². The van der Waals surface area contributed by atoms with Crippen molar-refractivity contribution in [2.45, 2.75) is 0 Å². The normalized spacial score (nSPS) is 13.0. The summed E-state index contributed by atoms with van der Waals surface area (Å²) >= 11 is 0. The number of nitrogens with two attached hydrogens (primary N) is 1. The van der Waals surface area contributed by atoms with Crippen LogP contribution < -0.4 is 5.73 Å². The van der Waals surface area contributed by atoms with Crippen LogP contribution in [0.15, 0.2) is 16.4 Å². The van der Waals surface area contributed by atoms with Gasteiger partial charge < -0.3 is 10.5 Å². The van der Waals surface area contributed by atoms with Gasteiger partial charge in [0.25, 0.3) is 0 Å². The van der Waals surface area contributed by atoms with Crippen molar-refractivity contribution in [2.75, 3.05) is 14.2 Å². The molecule has 56 valence electrons. The molecule has 0 atom stereocenters. The summed E-state index contributed by atoms with van der Waals surface area (Å²) in [4.78, 5) is 13.8. The second kappa shape index (κ2) is 4.55. The van der Waals surface area contributed by atoms with E-state index >= 15 is 0 Å². The molecule has 0 saturated carbocycles. The Morgan fingerprint density at radius 1 is 1.70 bits per heavy atom. The van der Waals surface area contributed by atoms with E-state index in [9.17, 15) is 4.79 Å². The van der Waals surface area contributed by atoms with Crippen molar-refractivity contribution in [3.63, 3.8) is 0 Å². The Hall–Kier alpha value is -1.32. The number of nitrogens with zero attached hydrogens (tertiary/aromatic N) is 1. The van der Waals surface area contributed by atoms with Gasteiger partial charge in [-0.2, -0.15) is 0 Å². The summed E-state index contributed by atoms with van der Waals surface area (Å²) in [6, 6.07) is 0. The number of allylic oxidation sites excluding steroid dienone is 1. The molecule has 0 spiro atoms. The SMILES string of the molecule is CN=C/C(C=O)=C(\N)OC. The van der Waals surface area contributed by atoms with E-state index in [1.54, 1.807) is 7.05 Å². The van der Waals surface area contributed by atoms with Crippen molar-refractivity contribution < 1.29 is 9.53 Å². The molecule has 0 aromatic rings. The van der Waals surface area contributed by atoms with Crippen molar-refractivity contribution in [1.29, 1.82) is 0 Å². The summed E-state index contributed by atoms with van der Waals surface area (Å²) < 4.78 is 4.59. The van der Waals surface area contributed by atoms with Crippen LogP contribution in [0.2, 0.25) is 0 Å². The summed E-state index contributed by atoms with van der Waals surface area (Å²) in [5, 5.41) is 0. The third kappa shape index (κ3) is 2.30. The zero-order valence-electron chi connectivity index (χ0n) is 6.00. The molecule has 0 heterocycles. The second-order valence-corrected chi connectivity index (χ2v) is 1.53. The van der Waals surface area contributed by atoms with Crippen molar-refractivity contribution in [2.24, 2.45) is 10.7 Å². The lowest BCUT2D eigenvalue weighted by Gasteiger charge is -1.98. The Balaban J connectivity index is 4.44. The minimum absolute atomic E-state index is 0.0839. The van der Waals surface area contributed by atoms with Gasteiger partial charge >= 0.3 is 0 Å². The fourth-order valence-electron chi connectivity index (χ4n) is 0.409. The van der Waals surface area contributed by atoms with E-state index in [2.05, 4.69) is 9.73 Å². The Bertz CT molecular complexity index is 173. The summed E-state index contributed by atoms with van der Waals surface area (Å²) in [5.41, 5.74) is 5.50. The molecule has 2 N–H and O–H groups in total. The van der Waals surface area contributed by atoms with Crippen molar-refractivity contribution >= 4 is 12.5 Å². The van der Waals surface area contributed by atoms with Crippen LogP contribution in [-0.4, -0.2) is 26.7 Å². The zero-order valence-corrected chi connectivity index (χ0v) is 6.00. The molecule has 0 aliphatic heterocycles. The standard InChI is InChI=1S/C6H10N2O2/c1-8-3-5(4-9)6(7)10-2/h3-4H,7H2,1-2H3/b6-5-,8-3?. The number of carbonyl (C=O) groups excluding carboxylic acids is 1. The average Bonchev–Trinajstić information content (AvgIpc) is 1.99. The summed E-state index contributed by atoms with van der Waals surface area (Å²) in [6.45, 7) is 0. The highest BCUT2D eigenvalue weighted by Crippen LogP contribution is 1.91. The minimum Gasteiger partial charge on any atom is -0.482 e. The molecule has 4 heteroatoms. The first-order valence-electron chi connectivity index (χ1n) is 2.67. The Morgan fingerprint density at radius 3 is 2.60 bits per heavy atom. The molecule has 0 aromatic heterocycles. The number of hydrogen-bond donors (Lipinski definition) is 1. The molecule has 0 unspecified atom stereocenters. The van der Waals surface area contributed by atoms with Crippen LogP contribution in [0, 0.1) is 0 Å². The third-order valence-electron chi connectivity index (χ3n) is 0.900. The van der Waals surface area contributed by atoms with Gasteiger partial charge in [-0.1, -0.05) is 0 Å². The van der Waals surface area contributed by atoms with Crippen molar-refractivity contribution in [3.8, 4) is 0 Å². The number of methoxy groups -OCH3 is 1. The van der Waals surface area contributed by atoms with Crippen LogP contribution in [0.5, 0.6) is 0 Å². The summed E-state index contributed by atoms with van der Waals surface area (Å²) in [7, 11) is 2.94. The van der Waals surface area contributed by atoms with Crippen LogP contribution in [0.4, 0.5) is 0 Å². The maximum Gasteiger partial charge on any atom is 0.196 e. The number of carbonyl (C=O) groups is 1. The maximum absolute atomic E-state index is 10.2. The first kappa shape index (κ1) is 8.68. The molecule has 0 aliphatic carbocycles. The lowest BCUT2D eigenvalue weighted by atomic mass is 10.3.